The number of carbonyl (C=O) groups excluding carboxylic acids is 3. The lowest BCUT2D eigenvalue weighted by Gasteiger charge is -2.08. The number of ketones is 1. The summed E-state index contributed by atoms with van der Waals surface area (Å²) in [4.78, 5) is 36.9. The normalized spacial score (nSPS) is 10.4. The van der Waals surface area contributed by atoms with Crippen LogP contribution in [-0.2, 0) is 11.3 Å². The number of hydrogen-bond donors (Lipinski definition) is 0. The summed E-state index contributed by atoms with van der Waals surface area (Å²) in [5, 5.41) is 0. The van der Waals surface area contributed by atoms with Gasteiger partial charge in [0.25, 0.3) is 0 Å². The van der Waals surface area contributed by atoms with Gasteiger partial charge in [-0.25, -0.2) is 9.59 Å². The van der Waals surface area contributed by atoms with Gasteiger partial charge in [0.2, 0.25) is 0 Å². The minimum atomic E-state index is -0.595. The van der Waals surface area contributed by atoms with Crippen molar-refractivity contribution in [3.63, 3.8) is 0 Å². The van der Waals surface area contributed by atoms with Crippen molar-refractivity contribution in [1.29, 1.82) is 0 Å². The molecule has 180 valence electrons. The SMILES string of the molecule is Cc1ccc(OCc2ccc(C(=O)OCC(=O)c3ccc(OC(=O)c4ccccc4)cc3)cc2)cc1. The molecule has 0 amide bonds. The van der Waals surface area contributed by atoms with Crippen LogP contribution in [0.4, 0.5) is 0 Å². The average Bonchev–Trinajstić information content (AvgIpc) is 2.92. The molecule has 4 aromatic carbocycles. The van der Waals surface area contributed by atoms with E-state index in [2.05, 4.69) is 0 Å². The lowest BCUT2D eigenvalue weighted by molar-refractivity contribution is 0.0474. The molecule has 0 radical (unpaired) electrons. The van der Waals surface area contributed by atoms with Gasteiger partial charge in [-0.15, -0.1) is 0 Å². The van der Waals surface area contributed by atoms with Crippen LogP contribution >= 0.6 is 0 Å². The number of esters is 2. The maximum absolute atomic E-state index is 12.4. The van der Waals surface area contributed by atoms with E-state index in [0.29, 0.717) is 29.0 Å². The van der Waals surface area contributed by atoms with Crippen LogP contribution in [0.2, 0.25) is 0 Å². The fourth-order valence-corrected chi connectivity index (χ4v) is 3.29. The number of carbonyl (C=O) groups is 3. The highest BCUT2D eigenvalue weighted by atomic mass is 16.5. The van der Waals surface area contributed by atoms with Crippen LogP contribution in [-0.4, -0.2) is 24.3 Å². The van der Waals surface area contributed by atoms with Gasteiger partial charge in [-0.1, -0.05) is 48.0 Å². The number of benzene rings is 4. The van der Waals surface area contributed by atoms with Gasteiger partial charge < -0.3 is 14.2 Å². The summed E-state index contributed by atoms with van der Waals surface area (Å²) in [5.74, 6) is -0.375. The Kier molecular flexibility index (Phi) is 7.88. The van der Waals surface area contributed by atoms with Crippen LogP contribution < -0.4 is 9.47 Å². The summed E-state index contributed by atoms with van der Waals surface area (Å²) in [7, 11) is 0. The smallest absolute Gasteiger partial charge is 0.343 e. The third kappa shape index (κ3) is 6.67. The van der Waals surface area contributed by atoms with E-state index in [9.17, 15) is 14.4 Å². The largest absolute Gasteiger partial charge is 0.489 e. The van der Waals surface area contributed by atoms with Crippen LogP contribution in [0.3, 0.4) is 0 Å². The van der Waals surface area contributed by atoms with Crippen LogP contribution in [0.5, 0.6) is 11.5 Å². The summed E-state index contributed by atoms with van der Waals surface area (Å²) in [6.45, 7) is 1.98. The second-order valence-electron chi connectivity index (χ2n) is 8.08. The van der Waals surface area contributed by atoms with Crippen molar-refractivity contribution in [3.8, 4) is 11.5 Å². The molecular weight excluding hydrogens is 456 g/mol. The summed E-state index contributed by atoms with van der Waals surface area (Å²) in [5.41, 5.74) is 3.16. The summed E-state index contributed by atoms with van der Waals surface area (Å²) >= 11 is 0. The monoisotopic (exact) mass is 480 g/mol. The van der Waals surface area contributed by atoms with Crippen molar-refractivity contribution in [1.82, 2.24) is 0 Å². The highest BCUT2D eigenvalue weighted by molar-refractivity contribution is 5.99. The molecule has 0 unspecified atom stereocenters. The Bertz CT molecular complexity index is 1330. The average molecular weight is 481 g/mol. The first-order chi connectivity index (χ1) is 17.5. The third-order valence-electron chi connectivity index (χ3n) is 5.35. The molecule has 0 heterocycles. The Hall–Kier alpha value is -4.71. The Morgan fingerprint density at radius 3 is 1.86 bits per heavy atom. The van der Waals surface area contributed by atoms with Gasteiger partial charge in [0.15, 0.2) is 12.4 Å². The lowest BCUT2D eigenvalue weighted by Crippen LogP contribution is -2.14. The second-order valence-corrected chi connectivity index (χ2v) is 8.08. The van der Waals surface area contributed by atoms with Crippen LogP contribution in [0.15, 0.2) is 103 Å². The molecule has 4 rings (SSSR count). The van der Waals surface area contributed by atoms with Gasteiger partial charge in [-0.2, -0.15) is 0 Å². The molecule has 0 aliphatic rings. The van der Waals surface area contributed by atoms with Crippen LogP contribution in [0.1, 0.15) is 42.2 Å². The van der Waals surface area contributed by atoms with Crippen molar-refractivity contribution < 1.29 is 28.6 Å². The highest BCUT2D eigenvalue weighted by Crippen LogP contribution is 2.16. The molecule has 0 aliphatic carbocycles. The standard InChI is InChI=1S/C30H24O6/c1-21-7-15-26(16-8-21)34-19-22-9-11-25(12-10-22)29(32)35-20-28(31)23-13-17-27(18-14-23)36-30(33)24-5-3-2-4-6-24/h2-18H,19-20H2,1H3. The van der Waals surface area contributed by atoms with E-state index in [1.54, 1.807) is 48.5 Å². The van der Waals surface area contributed by atoms with E-state index in [1.807, 2.05) is 37.3 Å². The number of Topliss-reactive ketones (excluding diaryl/α,β-unsaturated/α-hetero) is 1. The molecule has 0 N–H and O–H groups in total. The first-order valence-corrected chi connectivity index (χ1v) is 11.3. The zero-order chi connectivity index (χ0) is 25.3. The molecule has 0 saturated carbocycles. The van der Waals surface area contributed by atoms with Gasteiger partial charge in [-0.05, 0) is 73.2 Å². The molecular formula is C30H24O6. The van der Waals surface area contributed by atoms with E-state index in [1.165, 1.54) is 24.3 Å². The van der Waals surface area contributed by atoms with Crippen LogP contribution in [0.25, 0.3) is 0 Å². The highest BCUT2D eigenvalue weighted by Gasteiger charge is 2.13. The first kappa shape index (κ1) is 24.4. The maximum atomic E-state index is 12.4. The van der Waals surface area contributed by atoms with Crippen LogP contribution in [0, 0.1) is 6.92 Å². The van der Waals surface area contributed by atoms with Crippen molar-refractivity contribution in [3.05, 3.63) is 131 Å². The third-order valence-corrected chi connectivity index (χ3v) is 5.35. The van der Waals surface area contributed by atoms with Crippen molar-refractivity contribution in [2.24, 2.45) is 0 Å². The van der Waals surface area contributed by atoms with Gasteiger partial charge in [0, 0.05) is 5.56 Å². The molecule has 0 spiro atoms. The number of rotatable bonds is 9. The molecule has 0 aromatic heterocycles. The zero-order valence-electron chi connectivity index (χ0n) is 19.7. The van der Waals surface area contributed by atoms with Crippen molar-refractivity contribution >= 4 is 17.7 Å². The Balaban J connectivity index is 1.25. The molecule has 4 aromatic rings. The molecule has 36 heavy (non-hydrogen) atoms. The molecule has 6 nitrogen and oxygen atoms in total. The minimum absolute atomic E-state index is 0.309. The Morgan fingerprint density at radius 2 is 1.19 bits per heavy atom. The van der Waals surface area contributed by atoms with Crippen molar-refractivity contribution in [2.75, 3.05) is 6.61 Å². The van der Waals surface area contributed by atoms with Gasteiger partial charge >= 0.3 is 11.9 Å². The van der Waals surface area contributed by atoms with E-state index in [4.69, 9.17) is 14.2 Å². The zero-order valence-corrected chi connectivity index (χ0v) is 19.7. The first-order valence-electron chi connectivity index (χ1n) is 11.3. The summed E-state index contributed by atoms with van der Waals surface area (Å²) in [6, 6.07) is 29.3. The number of ether oxygens (including phenoxy) is 3. The molecule has 0 bridgehead atoms. The fraction of sp³-hybridized carbons (Fsp3) is 0.100. The number of hydrogen-bond acceptors (Lipinski definition) is 6. The molecule has 0 atom stereocenters. The fourth-order valence-electron chi connectivity index (χ4n) is 3.29. The molecule has 0 fully saturated rings. The lowest BCUT2D eigenvalue weighted by atomic mass is 10.1. The van der Waals surface area contributed by atoms with Gasteiger partial charge in [-0.3, -0.25) is 4.79 Å². The topological polar surface area (TPSA) is 78.9 Å². The van der Waals surface area contributed by atoms with E-state index < -0.39 is 18.5 Å². The summed E-state index contributed by atoms with van der Waals surface area (Å²) < 4.78 is 16.2. The maximum Gasteiger partial charge on any atom is 0.343 e. The minimum Gasteiger partial charge on any atom is -0.489 e. The molecule has 6 heteroatoms. The Morgan fingerprint density at radius 1 is 0.611 bits per heavy atom. The van der Waals surface area contributed by atoms with Gasteiger partial charge in [0.1, 0.15) is 18.1 Å². The van der Waals surface area contributed by atoms with Gasteiger partial charge in [0.05, 0.1) is 11.1 Å². The quantitative estimate of drug-likeness (QED) is 0.170. The van der Waals surface area contributed by atoms with E-state index in [0.717, 1.165) is 16.9 Å². The van der Waals surface area contributed by atoms with E-state index >= 15 is 0 Å². The Labute approximate surface area is 209 Å². The summed E-state index contributed by atoms with van der Waals surface area (Å²) in [6.07, 6.45) is 0. The van der Waals surface area contributed by atoms with Crippen molar-refractivity contribution in [2.45, 2.75) is 13.5 Å². The molecule has 0 aliphatic heterocycles. The number of aryl methyl sites for hydroxylation is 1. The molecule has 0 saturated heterocycles. The second kappa shape index (κ2) is 11.6. The predicted octanol–water partition coefficient (Wildman–Crippen LogP) is 5.83. The predicted molar refractivity (Wildman–Crippen MR) is 134 cm³/mol. The van der Waals surface area contributed by atoms with E-state index in [-0.39, 0.29) is 5.78 Å².